The van der Waals surface area contributed by atoms with Crippen LogP contribution in [0.2, 0.25) is 101 Å². The predicted molar refractivity (Wildman–Crippen MR) is 594 cm³/mol. The van der Waals surface area contributed by atoms with Crippen LogP contribution in [0.15, 0.2) is 243 Å². The molecule has 0 heterocycles. The van der Waals surface area contributed by atoms with Gasteiger partial charge in [0, 0.05) is 58.7 Å². The van der Waals surface area contributed by atoms with Gasteiger partial charge in [-0.05, 0) is 281 Å². The van der Waals surface area contributed by atoms with Crippen molar-refractivity contribution in [2.24, 2.45) is 0 Å². The largest absolute Gasteiger partial charge is 0.494 e. The van der Waals surface area contributed by atoms with E-state index in [1.807, 2.05) is 36.4 Å². The average Bonchev–Trinajstić information content (AvgIpc) is 0.835. The number of carbonyl (C=O) groups is 6. The average molecular weight is 2030 g/mol. The van der Waals surface area contributed by atoms with E-state index >= 15 is 0 Å². The van der Waals surface area contributed by atoms with Crippen molar-refractivity contribution in [3.8, 4) is 79.7 Å². The SMILES string of the molecule is CCCCCCCCCCCCOc1ccc(C(=O)Oc2ccc(C(=O)Oc3cccc(-c4ccc(OC(=O)c5ccc(OCCCCCCOCCC[Si](C)(C)CC[Si](C)(C)CC[Si](C)(C)CC[Si](C)(C)CCCOCCCCCCOc6ccc(C(=O)Oc7ccc(-c8cccc(OC(=O)c9ccc(OC(=O)c%10ccc(OCCCCCCCCCCCC)cc%10)cc9)c8)cc7)cc6)cc5)cc4)c3)cc2)cc1. The second-order valence-electron chi connectivity index (χ2n) is 41.8. The van der Waals surface area contributed by atoms with Crippen molar-refractivity contribution >= 4 is 68.1 Å². The summed E-state index contributed by atoms with van der Waals surface area (Å²) in [6.07, 6.45) is 35.9. The molecule has 10 aromatic rings. The Morgan fingerprint density at radius 1 is 0.181 bits per heavy atom. The summed E-state index contributed by atoms with van der Waals surface area (Å²) in [4.78, 5) is 78.7. The number of rotatable bonds is 71. The second-order valence-corrected chi connectivity index (χ2v) is 63.1. The minimum absolute atomic E-state index is 0.293. The summed E-state index contributed by atoms with van der Waals surface area (Å²) in [5.41, 5.74) is 5.49. The van der Waals surface area contributed by atoms with Crippen molar-refractivity contribution in [3.63, 3.8) is 0 Å². The summed E-state index contributed by atoms with van der Waals surface area (Å²) in [6.45, 7) is 31.4. The highest BCUT2D eigenvalue weighted by Gasteiger charge is 2.33. The Morgan fingerprint density at radius 2 is 0.368 bits per heavy atom. The molecular formula is C122H162O18Si4. The van der Waals surface area contributed by atoms with E-state index in [4.69, 9.17) is 56.8 Å². The molecule has 18 nitrogen and oxygen atoms in total. The van der Waals surface area contributed by atoms with Crippen molar-refractivity contribution in [1.29, 1.82) is 0 Å². The molecule has 144 heavy (non-hydrogen) atoms. The maximum absolute atomic E-state index is 13.2. The number of carbonyl (C=O) groups excluding carboxylic acids is 6. The Morgan fingerprint density at radius 3 is 0.604 bits per heavy atom. The van der Waals surface area contributed by atoms with Crippen LogP contribution >= 0.6 is 0 Å². The number of hydrogen-bond acceptors (Lipinski definition) is 18. The molecule has 0 atom stereocenters. The highest BCUT2D eigenvalue weighted by atomic mass is 28.3. The predicted octanol–water partition coefficient (Wildman–Crippen LogP) is 33.2. The van der Waals surface area contributed by atoms with Crippen molar-refractivity contribution in [3.05, 3.63) is 276 Å². The molecular weight excluding hydrogens is 1870 g/mol. The van der Waals surface area contributed by atoms with Gasteiger partial charge in [0.15, 0.2) is 0 Å². The number of esters is 6. The third-order valence-electron chi connectivity index (χ3n) is 27.0. The summed E-state index contributed by atoms with van der Waals surface area (Å²) in [6, 6.07) is 80.6. The molecule has 0 bridgehead atoms. The Bertz CT molecular complexity index is 5060. The molecule has 0 fully saturated rings. The maximum atomic E-state index is 13.2. The summed E-state index contributed by atoms with van der Waals surface area (Å²) in [5.74, 6) is 1.85. The monoisotopic (exact) mass is 2030 g/mol. The van der Waals surface area contributed by atoms with Crippen LogP contribution < -0.4 is 47.4 Å². The molecule has 0 spiro atoms. The third kappa shape index (κ3) is 44.9. The van der Waals surface area contributed by atoms with Gasteiger partial charge in [0.05, 0.1) is 59.8 Å². The molecule has 774 valence electrons. The zero-order valence-corrected chi connectivity index (χ0v) is 92.0. The maximum Gasteiger partial charge on any atom is 0.343 e. The quantitative estimate of drug-likeness (QED) is 0.0150. The van der Waals surface area contributed by atoms with E-state index in [1.165, 1.54) is 151 Å². The van der Waals surface area contributed by atoms with Crippen LogP contribution in [0.1, 0.15) is 269 Å². The number of ether oxygens (including phenoxy) is 12. The van der Waals surface area contributed by atoms with Gasteiger partial charge >= 0.3 is 35.8 Å². The van der Waals surface area contributed by atoms with Crippen molar-refractivity contribution in [1.82, 2.24) is 0 Å². The molecule has 0 aliphatic rings. The van der Waals surface area contributed by atoms with Crippen LogP contribution in [0.25, 0.3) is 22.3 Å². The smallest absolute Gasteiger partial charge is 0.343 e. The van der Waals surface area contributed by atoms with Crippen LogP contribution in [0.3, 0.4) is 0 Å². The molecule has 0 saturated heterocycles. The summed E-state index contributed by atoms with van der Waals surface area (Å²) < 4.78 is 70.4. The number of hydrogen-bond donors (Lipinski definition) is 0. The van der Waals surface area contributed by atoms with Crippen LogP contribution in [-0.4, -0.2) is 121 Å². The first kappa shape index (κ1) is 115. The fraction of sp³-hybridized carbons (Fsp3) is 0.459. The van der Waals surface area contributed by atoms with Gasteiger partial charge in [0.25, 0.3) is 0 Å². The summed E-state index contributed by atoms with van der Waals surface area (Å²) in [7, 11) is -5.18. The highest BCUT2D eigenvalue weighted by molar-refractivity contribution is 6.86. The normalized spacial score (nSPS) is 11.7. The van der Waals surface area contributed by atoms with Crippen molar-refractivity contribution < 1.29 is 85.6 Å². The van der Waals surface area contributed by atoms with Crippen molar-refractivity contribution in [2.75, 3.05) is 52.9 Å². The fourth-order valence-corrected chi connectivity index (χ4v) is 36.7. The Labute approximate surface area is 863 Å². The van der Waals surface area contributed by atoms with E-state index in [-0.39, 0.29) is 0 Å². The molecule has 0 unspecified atom stereocenters. The Hall–Kier alpha value is -11.0. The van der Waals surface area contributed by atoms with Crippen LogP contribution in [0.5, 0.6) is 57.5 Å². The Kier molecular flexibility index (Phi) is 50.6. The van der Waals surface area contributed by atoms with Gasteiger partial charge in [-0.3, -0.25) is 0 Å². The summed E-state index contributed by atoms with van der Waals surface area (Å²) >= 11 is 0. The zero-order valence-electron chi connectivity index (χ0n) is 88.0. The fourth-order valence-electron chi connectivity index (χ4n) is 17.3. The van der Waals surface area contributed by atoms with Crippen LogP contribution in [0, 0.1) is 0 Å². The molecule has 0 amide bonds. The molecule has 0 aliphatic heterocycles. The minimum Gasteiger partial charge on any atom is -0.494 e. The lowest BCUT2D eigenvalue weighted by Crippen LogP contribution is -2.36. The molecule has 22 heteroatoms. The van der Waals surface area contributed by atoms with Gasteiger partial charge < -0.3 is 56.8 Å². The van der Waals surface area contributed by atoms with Gasteiger partial charge in [-0.25, -0.2) is 28.8 Å². The lowest BCUT2D eigenvalue weighted by molar-refractivity contribution is 0.0720. The number of benzene rings is 10. The molecule has 0 saturated carbocycles. The molecule has 0 aliphatic carbocycles. The molecule has 0 N–H and O–H groups in total. The van der Waals surface area contributed by atoms with E-state index in [9.17, 15) is 28.8 Å². The van der Waals surface area contributed by atoms with Crippen LogP contribution in [0.4, 0.5) is 0 Å². The van der Waals surface area contributed by atoms with E-state index in [2.05, 4.69) is 66.2 Å². The Balaban J connectivity index is 0.489. The molecule has 0 radical (unpaired) electrons. The lowest BCUT2D eigenvalue weighted by Gasteiger charge is -2.33. The van der Waals surface area contributed by atoms with Crippen LogP contribution in [-0.2, 0) is 9.47 Å². The van der Waals surface area contributed by atoms with Gasteiger partial charge in [0.2, 0.25) is 0 Å². The first-order chi connectivity index (χ1) is 69.7. The van der Waals surface area contributed by atoms with E-state index in [0.29, 0.717) is 117 Å². The molecule has 10 aromatic carbocycles. The van der Waals surface area contributed by atoms with E-state index in [1.54, 1.807) is 206 Å². The van der Waals surface area contributed by atoms with Gasteiger partial charge in [-0.2, -0.15) is 0 Å². The van der Waals surface area contributed by atoms with Gasteiger partial charge in [0.1, 0.15) is 57.5 Å². The van der Waals surface area contributed by atoms with Crippen molar-refractivity contribution in [2.45, 2.75) is 307 Å². The van der Waals surface area contributed by atoms with Gasteiger partial charge in [-0.1, -0.05) is 292 Å². The molecule has 0 aromatic heterocycles. The first-order valence-corrected chi connectivity index (χ1v) is 67.4. The van der Waals surface area contributed by atoms with E-state index < -0.39 is 68.1 Å². The van der Waals surface area contributed by atoms with E-state index in [0.717, 1.165) is 139 Å². The highest BCUT2D eigenvalue weighted by Crippen LogP contribution is 2.36. The third-order valence-corrected chi connectivity index (χ3v) is 41.5. The minimum atomic E-state index is -1.30. The topological polar surface area (TPSA) is 213 Å². The first-order valence-electron chi connectivity index (χ1n) is 53.8. The summed E-state index contributed by atoms with van der Waals surface area (Å²) in [5, 5.41) is 0. The number of unbranched alkanes of at least 4 members (excludes halogenated alkanes) is 24. The second kappa shape index (κ2) is 63.4. The van der Waals surface area contributed by atoms with Gasteiger partial charge in [-0.15, -0.1) is 0 Å². The standard InChI is InChI=1S/C122H162O18Si4/c1-11-13-15-17-19-21-23-25-27-35-83-131-107-63-55-101(56-64-107)119(125)137-113-75-59-103(60-76-113)121(127)139-115-45-39-43-105(95-115)97-47-71-111(72-48-97)135-117(123)99-51-67-109(68-52-99)133-85-37-31-29-33-79-129-81-41-87-141(3,4)89-91-143(7,8)93-94-144(9,10)92-90-142(5,6)88-42-82-130-80-34-30-32-38-86-134-110-69-53-100(54-70-110)118(124)136-112-73-49-98(50-74-112)106-44-40-46-116(96-106)140-122(128)104-61-77-114(78-62-104)138-120(126)102-57-65-108(66-58-102)132-84-36-28-26-24-22-20-18-16-14-12-2/h39-40,43-78,95-96H,11-38,41-42,79-94H2,1-10H3. The lowest BCUT2D eigenvalue weighted by atomic mass is 10.1. The zero-order chi connectivity index (χ0) is 102. The molecule has 10 rings (SSSR count).